The average molecular weight is 447 g/mol. The minimum atomic E-state index is -4.41. The zero-order valence-electron chi connectivity index (χ0n) is 16.8. The number of phenolic OH excluding ortho intramolecular Hbond substituents is 1. The van der Waals surface area contributed by atoms with E-state index in [-0.39, 0.29) is 30.7 Å². The first-order valence-electron chi connectivity index (χ1n) is 10.3. The van der Waals surface area contributed by atoms with Crippen LogP contribution < -0.4 is 11.3 Å². The van der Waals surface area contributed by atoms with Crippen LogP contribution in [0.1, 0.15) is 39.2 Å². The van der Waals surface area contributed by atoms with Crippen LogP contribution >= 0.6 is 0 Å². The number of aromatic amines is 1. The number of primary amides is 1. The smallest absolute Gasteiger partial charge is 0.401 e. The van der Waals surface area contributed by atoms with Crippen molar-refractivity contribution in [3.8, 4) is 5.75 Å². The molecule has 2 heterocycles. The summed E-state index contributed by atoms with van der Waals surface area (Å²) < 4.78 is 39.9. The van der Waals surface area contributed by atoms with Gasteiger partial charge in [0.25, 0.3) is 11.5 Å². The van der Waals surface area contributed by atoms with Crippen LogP contribution in [0.25, 0.3) is 0 Å². The molecule has 0 radical (unpaired) electrons. The van der Waals surface area contributed by atoms with Crippen molar-refractivity contribution in [2.45, 2.75) is 47.9 Å². The topological polar surface area (TPSA) is 120 Å². The molecule has 10 heteroatoms. The molecule has 168 valence electrons. The lowest BCUT2D eigenvalue weighted by Gasteiger charge is -2.62. The van der Waals surface area contributed by atoms with Gasteiger partial charge in [-0.2, -0.15) is 13.2 Å². The predicted octanol–water partition coefficient (Wildman–Crippen LogP) is 0.849. The van der Waals surface area contributed by atoms with Gasteiger partial charge in [-0.3, -0.25) is 14.5 Å². The molecular formula is C22H20F3N3O4. The number of nitrogens with zero attached hydrogens (tertiary/aromatic N) is 1. The Hall–Kier alpha value is -2.85. The number of carbonyl (C=O) groups excluding carboxylic acids is 1. The summed E-state index contributed by atoms with van der Waals surface area (Å²) in [5.74, 6) is -0.904. The third-order valence-electron chi connectivity index (χ3n) is 8.13. The number of amides is 1. The number of nitrogens with two attached hydrogens (primary N) is 1. The van der Waals surface area contributed by atoms with Crippen molar-refractivity contribution in [2.75, 3.05) is 13.1 Å². The number of hydrogen-bond acceptors (Lipinski definition) is 5. The van der Waals surface area contributed by atoms with Gasteiger partial charge in [0.2, 0.25) is 0 Å². The number of phenols is 1. The lowest BCUT2D eigenvalue weighted by molar-refractivity contribution is -0.200. The second-order valence-electron chi connectivity index (χ2n) is 9.73. The van der Waals surface area contributed by atoms with E-state index in [1.54, 1.807) is 12.1 Å². The summed E-state index contributed by atoms with van der Waals surface area (Å²) in [6.07, 6.45) is -3.84. The normalized spacial score (nSPS) is 34.3. The van der Waals surface area contributed by atoms with Crippen LogP contribution in [0, 0.1) is 0 Å². The number of aromatic hydroxyl groups is 1. The third-order valence-corrected chi connectivity index (χ3v) is 8.13. The fourth-order valence-corrected chi connectivity index (χ4v) is 7.32. The summed E-state index contributed by atoms with van der Waals surface area (Å²) in [5, 5.41) is 22.3. The summed E-state index contributed by atoms with van der Waals surface area (Å²) in [4.78, 5) is 28.0. The summed E-state index contributed by atoms with van der Waals surface area (Å²) in [5.41, 5.74) is 3.79. The van der Waals surface area contributed by atoms with Gasteiger partial charge in [-0.25, -0.2) is 0 Å². The van der Waals surface area contributed by atoms with E-state index in [0.717, 1.165) is 5.56 Å². The van der Waals surface area contributed by atoms with Gasteiger partial charge in [0, 0.05) is 35.9 Å². The number of halogens is 3. The highest BCUT2D eigenvalue weighted by atomic mass is 19.4. The van der Waals surface area contributed by atoms with Crippen LogP contribution in [0.15, 0.2) is 29.1 Å². The first-order chi connectivity index (χ1) is 14.9. The second-order valence-corrected chi connectivity index (χ2v) is 9.73. The molecule has 2 bridgehead atoms. The van der Waals surface area contributed by atoms with Crippen molar-refractivity contribution in [3.63, 3.8) is 0 Å². The van der Waals surface area contributed by atoms with Crippen LogP contribution in [-0.2, 0) is 23.7 Å². The number of aliphatic hydroxyl groups is 1. The number of likely N-dealkylation sites (tertiary alicyclic amines) is 1. The molecule has 2 fully saturated rings. The minimum absolute atomic E-state index is 0.0100. The van der Waals surface area contributed by atoms with Crippen molar-refractivity contribution in [3.05, 3.63) is 62.6 Å². The highest BCUT2D eigenvalue weighted by Crippen LogP contribution is 2.73. The number of carbonyl (C=O) groups is 1. The predicted molar refractivity (Wildman–Crippen MR) is 105 cm³/mol. The summed E-state index contributed by atoms with van der Waals surface area (Å²) in [6, 6.07) is 5.41. The highest BCUT2D eigenvalue weighted by Gasteiger charge is 2.81. The number of aromatic nitrogens is 1. The number of rotatable bonds is 2. The van der Waals surface area contributed by atoms with Gasteiger partial charge >= 0.3 is 6.18 Å². The van der Waals surface area contributed by atoms with E-state index in [9.17, 15) is 33.0 Å². The Kier molecular flexibility index (Phi) is 3.43. The van der Waals surface area contributed by atoms with Crippen LogP contribution in [0.2, 0.25) is 0 Å². The Labute approximate surface area is 179 Å². The maximum Gasteiger partial charge on any atom is 0.401 e. The van der Waals surface area contributed by atoms with Crippen molar-refractivity contribution < 1.29 is 28.2 Å². The molecule has 1 saturated carbocycles. The molecule has 2 aromatic rings. The largest absolute Gasteiger partial charge is 0.508 e. The maximum absolute atomic E-state index is 13.3. The molecule has 4 unspecified atom stereocenters. The van der Waals surface area contributed by atoms with E-state index in [2.05, 4.69) is 4.98 Å². The van der Waals surface area contributed by atoms with Gasteiger partial charge < -0.3 is 20.9 Å². The number of pyridine rings is 1. The van der Waals surface area contributed by atoms with Crippen LogP contribution in [-0.4, -0.2) is 56.9 Å². The van der Waals surface area contributed by atoms with Gasteiger partial charge in [0.15, 0.2) is 0 Å². The molecule has 7 nitrogen and oxygen atoms in total. The van der Waals surface area contributed by atoms with E-state index in [4.69, 9.17) is 5.73 Å². The van der Waals surface area contributed by atoms with Crippen molar-refractivity contribution in [1.29, 1.82) is 0 Å². The molecule has 4 atom stereocenters. The van der Waals surface area contributed by atoms with Crippen LogP contribution in [0.3, 0.4) is 0 Å². The molecule has 2 spiro atoms. The van der Waals surface area contributed by atoms with Gasteiger partial charge in [0.1, 0.15) is 11.3 Å². The first-order valence-corrected chi connectivity index (χ1v) is 10.3. The molecule has 1 aromatic carbocycles. The summed E-state index contributed by atoms with van der Waals surface area (Å²) in [6.45, 7) is -0.978. The van der Waals surface area contributed by atoms with Gasteiger partial charge in [-0.15, -0.1) is 0 Å². The quantitative estimate of drug-likeness (QED) is 0.544. The molecule has 32 heavy (non-hydrogen) atoms. The van der Waals surface area contributed by atoms with Gasteiger partial charge in [-0.1, -0.05) is 6.07 Å². The molecular weight excluding hydrogens is 427 g/mol. The Morgan fingerprint density at radius 3 is 2.69 bits per heavy atom. The lowest BCUT2D eigenvalue weighted by atomic mass is 9.55. The zero-order valence-corrected chi connectivity index (χ0v) is 16.8. The number of benzene rings is 1. The fraction of sp³-hybridized carbons (Fsp3) is 0.455. The molecule has 4 aliphatic rings. The second kappa shape index (κ2) is 5.55. The van der Waals surface area contributed by atoms with E-state index < -0.39 is 46.7 Å². The maximum atomic E-state index is 13.3. The van der Waals surface area contributed by atoms with E-state index in [1.807, 2.05) is 0 Å². The highest BCUT2D eigenvalue weighted by molar-refractivity contribution is 5.92. The van der Waals surface area contributed by atoms with Crippen LogP contribution in [0.4, 0.5) is 13.2 Å². The van der Waals surface area contributed by atoms with E-state index in [1.165, 1.54) is 17.0 Å². The van der Waals surface area contributed by atoms with E-state index >= 15 is 0 Å². The summed E-state index contributed by atoms with van der Waals surface area (Å²) in [7, 11) is 0. The number of hydrogen-bond donors (Lipinski definition) is 4. The number of alkyl halides is 3. The monoisotopic (exact) mass is 447 g/mol. The summed E-state index contributed by atoms with van der Waals surface area (Å²) >= 11 is 0. The van der Waals surface area contributed by atoms with Crippen molar-refractivity contribution in [2.24, 2.45) is 5.73 Å². The molecule has 5 N–H and O–H groups in total. The first kappa shape index (κ1) is 19.8. The Morgan fingerprint density at radius 2 is 2.00 bits per heavy atom. The molecule has 1 amide bonds. The Morgan fingerprint density at radius 1 is 1.25 bits per heavy atom. The molecule has 6 rings (SSSR count). The minimum Gasteiger partial charge on any atom is -0.508 e. The number of nitrogens with one attached hydrogen (secondary N) is 1. The van der Waals surface area contributed by atoms with Gasteiger partial charge in [0.05, 0.1) is 18.2 Å². The fourth-order valence-electron chi connectivity index (χ4n) is 7.32. The van der Waals surface area contributed by atoms with Gasteiger partial charge in [-0.05, 0) is 41.3 Å². The van der Waals surface area contributed by atoms with E-state index in [0.29, 0.717) is 23.2 Å². The SMILES string of the molecule is NC(=O)c1cc2c([nH]c1=O)CC13CC4(CN(CC(F)(F)F)C4C1(O)C2)c1ccc(O)cc13. The van der Waals surface area contributed by atoms with Crippen molar-refractivity contribution in [1.82, 2.24) is 9.88 Å². The lowest BCUT2D eigenvalue weighted by Crippen LogP contribution is -2.76. The number of H-pyrrole nitrogens is 1. The number of fused-ring (bicyclic) bond motifs is 3. The molecule has 1 aliphatic heterocycles. The third kappa shape index (κ3) is 2.14. The Balaban J connectivity index is 1.56. The van der Waals surface area contributed by atoms with Crippen LogP contribution in [0.5, 0.6) is 5.75 Å². The Bertz CT molecular complexity index is 1270. The molecule has 1 saturated heterocycles. The standard InChI is InChI=1S/C22H20F3N3O4/c23-22(24,25)9-28-8-19-7-20(14-4-11(29)1-2-13(14)19)6-15-10(5-21(20,32)18(19)28)3-12(16(26)30)17(31)27-15/h1-4,18,29,32H,5-9H2,(H2,26,30)(H,27,31). The average Bonchev–Trinajstić information content (AvgIpc) is 3.02. The molecule has 1 aromatic heterocycles. The zero-order chi connectivity index (χ0) is 22.8. The van der Waals surface area contributed by atoms with Crippen molar-refractivity contribution >= 4 is 5.91 Å². The molecule has 3 aliphatic carbocycles.